The van der Waals surface area contributed by atoms with E-state index in [0.29, 0.717) is 0 Å². The Labute approximate surface area is 82.6 Å². The molecule has 0 amide bonds. The average Bonchev–Trinajstić information content (AvgIpc) is 2.52. The van der Waals surface area contributed by atoms with Crippen LogP contribution in [-0.2, 0) is 0 Å². The Morgan fingerprint density at radius 1 is 1.64 bits per heavy atom. The van der Waals surface area contributed by atoms with Gasteiger partial charge in [0.25, 0.3) is 0 Å². The molecule has 1 aliphatic rings. The van der Waals surface area contributed by atoms with E-state index in [9.17, 15) is 0 Å². The van der Waals surface area contributed by atoms with Gasteiger partial charge in [-0.2, -0.15) is 11.8 Å². The molecule has 2 atom stereocenters. The summed E-state index contributed by atoms with van der Waals surface area (Å²) in [7, 11) is 0. The van der Waals surface area contributed by atoms with Crippen LogP contribution in [0.5, 0.6) is 0 Å². The zero-order valence-corrected chi connectivity index (χ0v) is 9.59. The summed E-state index contributed by atoms with van der Waals surface area (Å²) in [5.74, 6) is 2.33. The molecule has 0 nitrogen and oxygen atoms in total. The topological polar surface area (TPSA) is 0 Å². The smallest absolute Gasteiger partial charge is 0.00599 e. The molecule has 0 aromatic carbocycles. The van der Waals surface area contributed by atoms with Gasteiger partial charge in [0.05, 0.1) is 0 Å². The third-order valence-corrected chi connectivity index (χ3v) is 4.76. The number of alkyl halides is 1. The number of halogens is 1. The van der Waals surface area contributed by atoms with Crippen molar-refractivity contribution in [3.8, 4) is 0 Å². The van der Waals surface area contributed by atoms with Crippen LogP contribution in [-0.4, -0.2) is 16.3 Å². The van der Waals surface area contributed by atoms with Crippen LogP contribution in [0.1, 0.15) is 32.6 Å². The fraction of sp³-hybridized carbons (Fsp3) is 1.00. The minimum absolute atomic E-state index is 0.922. The first-order valence-corrected chi connectivity index (χ1v) is 6.71. The first-order valence-electron chi connectivity index (χ1n) is 4.54. The fourth-order valence-corrected chi connectivity index (χ4v) is 3.67. The first kappa shape index (κ1) is 9.91. The summed E-state index contributed by atoms with van der Waals surface area (Å²) in [6, 6.07) is 0. The molecule has 0 spiro atoms. The zero-order valence-electron chi connectivity index (χ0n) is 7.18. The van der Waals surface area contributed by atoms with Gasteiger partial charge in [0, 0.05) is 10.6 Å². The second-order valence-corrected chi connectivity index (χ2v) is 5.36. The Hall–Kier alpha value is 0.830. The summed E-state index contributed by atoms with van der Waals surface area (Å²) in [5.41, 5.74) is 0. The van der Waals surface area contributed by atoms with Crippen molar-refractivity contribution in [2.45, 2.75) is 37.9 Å². The van der Waals surface area contributed by atoms with E-state index in [1.165, 1.54) is 36.8 Å². The highest BCUT2D eigenvalue weighted by Gasteiger charge is 2.18. The van der Waals surface area contributed by atoms with Crippen LogP contribution in [0.3, 0.4) is 0 Å². The van der Waals surface area contributed by atoms with Crippen LogP contribution in [0.15, 0.2) is 0 Å². The zero-order chi connectivity index (χ0) is 8.10. The number of thioether (sulfide) groups is 1. The summed E-state index contributed by atoms with van der Waals surface area (Å²) in [4.78, 5) is 0. The molecule has 0 bridgehead atoms. The largest absolute Gasteiger partial charge is 0.159 e. The summed E-state index contributed by atoms with van der Waals surface area (Å²) < 4.78 is 0. The van der Waals surface area contributed by atoms with Gasteiger partial charge in [-0.1, -0.05) is 29.3 Å². The fourth-order valence-electron chi connectivity index (χ4n) is 1.54. The van der Waals surface area contributed by atoms with Gasteiger partial charge in [-0.15, -0.1) is 0 Å². The second kappa shape index (κ2) is 5.47. The van der Waals surface area contributed by atoms with Crippen molar-refractivity contribution in [2.24, 2.45) is 5.92 Å². The Kier molecular flexibility index (Phi) is 4.93. The number of rotatable bonds is 4. The molecule has 0 saturated carbocycles. The highest BCUT2D eigenvalue weighted by atomic mass is 79.9. The van der Waals surface area contributed by atoms with Crippen LogP contribution in [0.2, 0.25) is 0 Å². The minimum Gasteiger partial charge on any atom is -0.159 e. The summed E-state index contributed by atoms with van der Waals surface area (Å²) >= 11 is 5.75. The maximum absolute atomic E-state index is 3.57. The van der Waals surface area contributed by atoms with E-state index in [4.69, 9.17) is 0 Å². The predicted octanol–water partition coefficient (Wildman–Crippen LogP) is 3.69. The van der Waals surface area contributed by atoms with Crippen LogP contribution in [0, 0.1) is 5.92 Å². The van der Waals surface area contributed by atoms with E-state index in [1.54, 1.807) is 0 Å². The molecule has 66 valence electrons. The SMILES string of the molecule is CCC(CBr)CC1CCCS1. The first-order chi connectivity index (χ1) is 5.36. The molecule has 1 aliphatic heterocycles. The normalized spacial score (nSPS) is 27.3. The molecule has 2 unspecified atom stereocenters. The van der Waals surface area contributed by atoms with Gasteiger partial charge in [0.15, 0.2) is 0 Å². The van der Waals surface area contributed by atoms with E-state index in [-0.39, 0.29) is 0 Å². The quantitative estimate of drug-likeness (QED) is 0.672. The minimum atomic E-state index is 0.922. The third kappa shape index (κ3) is 3.37. The molecule has 0 aliphatic carbocycles. The predicted molar refractivity (Wildman–Crippen MR) is 57.7 cm³/mol. The number of hydrogen-bond donors (Lipinski definition) is 0. The average molecular weight is 237 g/mol. The third-order valence-electron chi connectivity index (χ3n) is 2.42. The van der Waals surface area contributed by atoms with Gasteiger partial charge in [-0.05, 0) is 30.9 Å². The van der Waals surface area contributed by atoms with E-state index in [1.807, 2.05) is 0 Å². The Bertz CT molecular complexity index is 95.7. The molecule has 0 aromatic rings. The van der Waals surface area contributed by atoms with Crippen molar-refractivity contribution in [2.75, 3.05) is 11.1 Å². The summed E-state index contributed by atoms with van der Waals surface area (Å²) in [6.07, 6.45) is 5.69. The van der Waals surface area contributed by atoms with E-state index < -0.39 is 0 Å². The van der Waals surface area contributed by atoms with Crippen molar-refractivity contribution in [3.05, 3.63) is 0 Å². The lowest BCUT2D eigenvalue weighted by atomic mass is 10.0. The molecular weight excluding hydrogens is 220 g/mol. The monoisotopic (exact) mass is 236 g/mol. The van der Waals surface area contributed by atoms with Crippen molar-refractivity contribution in [1.82, 2.24) is 0 Å². The maximum atomic E-state index is 3.57. The maximum Gasteiger partial charge on any atom is 0.00599 e. The van der Waals surface area contributed by atoms with Gasteiger partial charge >= 0.3 is 0 Å². The molecule has 0 N–H and O–H groups in total. The van der Waals surface area contributed by atoms with Crippen LogP contribution < -0.4 is 0 Å². The van der Waals surface area contributed by atoms with Gasteiger partial charge in [0.2, 0.25) is 0 Å². The second-order valence-electron chi connectivity index (χ2n) is 3.30. The molecule has 11 heavy (non-hydrogen) atoms. The lowest BCUT2D eigenvalue weighted by Crippen LogP contribution is -2.08. The molecule has 2 heteroatoms. The Morgan fingerprint density at radius 3 is 2.91 bits per heavy atom. The van der Waals surface area contributed by atoms with Crippen molar-refractivity contribution in [1.29, 1.82) is 0 Å². The molecule has 1 heterocycles. The molecule has 0 radical (unpaired) electrons. The molecule has 0 aromatic heterocycles. The molecule has 1 saturated heterocycles. The van der Waals surface area contributed by atoms with Gasteiger partial charge < -0.3 is 0 Å². The number of hydrogen-bond acceptors (Lipinski definition) is 1. The standard InChI is InChI=1S/C9H17BrS/c1-2-8(7-10)6-9-4-3-5-11-9/h8-9H,2-7H2,1H3. The van der Waals surface area contributed by atoms with Crippen molar-refractivity contribution in [3.63, 3.8) is 0 Å². The molecule has 1 fully saturated rings. The summed E-state index contributed by atoms with van der Waals surface area (Å²) in [5, 5.41) is 2.18. The van der Waals surface area contributed by atoms with Gasteiger partial charge in [-0.3, -0.25) is 0 Å². The van der Waals surface area contributed by atoms with Crippen LogP contribution in [0.25, 0.3) is 0 Å². The van der Waals surface area contributed by atoms with Crippen LogP contribution >= 0.6 is 27.7 Å². The van der Waals surface area contributed by atoms with Crippen LogP contribution in [0.4, 0.5) is 0 Å². The molecular formula is C9H17BrS. The lowest BCUT2D eigenvalue weighted by molar-refractivity contribution is 0.509. The molecule has 1 rings (SSSR count). The van der Waals surface area contributed by atoms with Crippen molar-refractivity contribution < 1.29 is 0 Å². The van der Waals surface area contributed by atoms with Gasteiger partial charge in [0.1, 0.15) is 0 Å². The Balaban J connectivity index is 2.16. The van der Waals surface area contributed by atoms with E-state index in [2.05, 4.69) is 34.6 Å². The highest BCUT2D eigenvalue weighted by molar-refractivity contribution is 9.09. The summed E-state index contributed by atoms with van der Waals surface area (Å²) in [6.45, 7) is 2.30. The van der Waals surface area contributed by atoms with E-state index in [0.717, 1.165) is 11.2 Å². The van der Waals surface area contributed by atoms with E-state index >= 15 is 0 Å². The van der Waals surface area contributed by atoms with Crippen molar-refractivity contribution >= 4 is 27.7 Å². The lowest BCUT2D eigenvalue weighted by Gasteiger charge is -2.15. The Morgan fingerprint density at radius 2 is 2.45 bits per heavy atom. The van der Waals surface area contributed by atoms with Gasteiger partial charge in [-0.25, -0.2) is 0 Å². The highest BCUT2D eigenvalue weighted by Crippen LogP contribution is 2.32.